The summed E-state index contributed by atoms with van der Waals surface area (Å²) in [5.41, 5.74) is 5.97. The van der Waals surface area contributed by atoms with Gasteiger partial charge in [-0.15, -0.1) is 11.3 Å². The number of thiophene rings is 1. The quantitative estimate of drug-likeness (QED) is 0.203. The van der Waals surface area contributed by atoms with Crippen LogP contribution in [0.15, 0.2) is 64.4 Å². The molecule has 0 bridgehead atoms. The molecule has 3 aromatic rings. The van der Waals surface area contributed by atoms with E-state index in [0.29, 0.717) is 24.6 Å². The Kier molecular flexibility index (Phi) is 12.0. The van der Waals surface area contributed by atoms with Crippen molar-refractivity contribution in [3.05, 3.63) is 64.7 Å². The van der Waals surface area contributed by atoms with Crippen LogP contribution in [0.3, 0.4) is 0 Å². The molecule has 2 aromatic heterocycles. The van der Waals surface area contributed by atoms with E-state index in [0.717, 1.165) is 45.1 Å². The van der Waals surface area contributed by atoms with E-state index in [1.807, 2.05) is 71.0 Å². The van der Waals surface area contributed by atoms with Crippen LogP contribution in [0.1, 0.15) is 51.1 Å². The van der Waals surface area contributed by atoms with E-state index >= 15 is 0 Å². The Balaban J connectivity index is 0.00000216. The number of nitrogens with zero attached hydrogens (tertiary/aromatic N) is 5. The molecule has 1 saturated heterocycles. The molecule has 1 fully saturated rings. The number of aromatic nitrogens is 2. The van der Waals surface area contributed by atoms with Crippen molar-refractivity contribution in [3.8, 4) is 11.4 Å². The molecule has 10 heteroatoms. The first kappa shape index (κ1) is 30.6. The van der Waals surface area contributed by atoms with Gasteiger partial charge in [-0.25, -0.2) is 9.97 Å². The Hall–Kier alpha value is -3.89. The lowest BCUT2D eigenvalue weighted by molar-refractivity contribution is -0.117. The van der Waals surface area contributed by atoms with Crippen LogP contribution >= 0.6 is 11.3 Å². The van der Waals surface area contributed by atoms with Crippen LogP contribution in [0, 0.1) is 0 Å². The molecule has 3 heterocycles. The molecule has 4 rings (SSSR count). The molecule has 1 aliphatic heterocycles. The second-order valence-corrected chi connectivity index (χ2v) is 9.69. The molecule has 0 aliphatic carbocycles. The van der Waals surface area contributed by atoms with E-state index in [9.17, 15) is 4.79 Å². The summed E-state index contributed by atoms with van der Waals surface area (Å²) in [7, 11) is 1.76. The molecule has 0 saturated carbocycles. The Morgan fingerprint density at radius 3 is 2.62 bits per heavy atom. The second kappa shape index (κ2) is 15.6. The Morgan fingerprint density at radius 2 is 1.93 bits per heavy atom. The number of morpholine rings is 1. The first-order chi connectivity index (χ1) is 19.5. The lowest BCUT2D eigenvalue weighted by atomic mass is 10.1. The molecule has 1 amide bonds. The smallest absolute Gasteiger partial charge is 0.253 e. The number of benzene rings is 1. The summed E-state index contributed by atoms with van der Waals surface area (Å²) in [5, 5.41) is 7.28. The predicted molar refractivity (Wildman–Crippen MR) is 168 cm³/mol. The summed E-state index contributed by atoms with van der Waals surface area (Å²) >= 11 is 1.61. The van der Waals surface area contributed by atoms with Crippen LogP contribution in [0.5, 0.6) is 0 Å². The summed E-state index contributed by atoms with van der Waals surface area (Å²) in [6.45, 7) is 12.5. The highest BCUT2D eigenvalue weighted by Gasteiger charge is 2.23. The fourth-order valence-corrected chi connectivity index (χ4v) is 5.15. The van der Waals surface area contributed by atoms with Crippen molar-refractivity contribution < 1.29 is 9.53 Å². The topological polar surface area (TPSA) is 104 Å². The van der Waals surface area contributed by atoms with Crippen LogP contribution in [0.2, 0.25) is 0 Å². The zero-order valence-corrected chi connectivity index (χ0v) is 25.0. The van der Waals surface area contributed by atoms with Crippen LogP contribution in [-0.2, 0) is 9.53 Å². The summed E-state index contributed by atoms with van der Waals surface area (Å²) in [5.74, 6) is 1.34. The minimum absolute atomic E-state index is 0.177. The van der Waals surface area contributed by atoms with Gasteiger partial charge in [0.1, 0.15) is 0 Å². The van der Waals surface area contributed by atoms with Gasteiger partial charge < -0.3 is 20.4 Å². The fraction of sp³-hybridized carbons (Fsp3) is 0.367. The molecule has 40 heavy (non-hydrogen) atoms. The van der Waals surface area contributed by atoms with E-state index in [1.165, 1.54) is 0 Å². The number of allylic oxidation sites excluding steroid dienone is 2. The van der Waals surface area contributed by atoms with Crippen molar-refractivity contribution in [2.75, 3.05) is 38.3 Å². The maximum Gasteiger partial charge on any atom is 0.253 e. The molecule has 2 N–H and O–H groups in total. The highest BCUT2D eigenvalue weighted by molar-refractivity contribution is 7.19. The first-order valence-electron chi connectivity index (χ1n) is 13.6. The number of carbonyl (C=O) groups excluding carboxylic acids is 1. The largest absolute Gasteiger partial charge is 0.378 e. The molecular weight excluding hydrogens is 522 g/mol. The maximum absolute atomic E-state index is 12.9. The van der Waals surface area contributed by atoms with Gasteiger partial charge in [-0.1, -0.05) is 50.3 Å². The molecule has 1 atom stereocenters. The summed E-state index contributed by atoms with van der Waals surface area (Å²) in [6.07, 6.45) is 8.55. The maximum atomic E-state index is 12.9. The van der Waals surface area contributed by atoms with Crippen molar-refractivity contribution in [1.82, 2.24) is 20.7 Å². The average Bonchev–Trinajstić information content (AvgIpc) is 3.44. The number of aliphatic imine (C=N–C) groups is 1. The number of hydrazone groups is 1. The molecule has 212 valence electrons. The van der Waals surface area contributed by atoms with E-state index < -0.39 is 0 Å². The Labute approximate surface area is 240 Å². The SMILES string of the molecule is CC.C\C=C/N=C\C(=C/C)C(=O)NC(C)c1cc2nc(-c3ccccc3/C=N\NC)nc(N3CCOCC3)c2s1. The van der Waals surface area contributed by atoms with Crippen LogP contribution < -0.4 is 15.6 Å². The van der Waals surface area contributed by atoms with Gasteiger partial charge in [0.25, 0.3) is 5.91 Å². The van der Waals surface area contributed by atoms with Crippen molar-refractivity contribution >= 4 is 45.7 Å². The highest BCUT2D eigenvalue weighted by atomic mass is 32.1. The monoisotopic (exact) mass is 561 g/mol. The normalized spacial score (nSPS) is 15.1. The van der Waals surface area contributed by atoms with Crippen LogP contribution in [-0.4, -0.2) is 61.7 Å². The fourth-order valence-electron chi connectivity index (χ4n) is 4.03. The number of ether oxygens (including phenoxy) is 1. The van der Waals surface area contributed by atoms with Gasteiger partial charge in [0.05, 0.1) is 41.3 Å². The molecule has 9 nitrogen and oxygen atoms in total. The minimum atomic E-state index is -0.220. The number of hydrogen-bond donors (Lipinski definition) is 2. The molecule has 1 unspecified atom stereocenters. The predicted octanol–water partition coefficient (Wildman–Crippen LogP) is 5.50. The average molecular weight is 562 g/mol. The number of amides is 1. The third-order valence-corrected chi connectivity index (χ3v) is 7.32. The molecule has 0 radical (unpaired) electrons. The number of nitrogens with one attached hydrogen (secondary N) is 2. The van der Waals surface area contributed by atoms with Crippen LogP contribution in [0.4, 0.5) is 5.82 Å². The minimum Gasteiger partial charge on any atom is -0.378 e. The lowest BCUT2D eigenvalue weighted by Crippen LogP contribution is -2.36. The summed E-state index contributed by atoms with van der Waals surface area (Å²) in [6, 6.07) is 9.77. The molecular formula is C30H39N7O2S. The van der Waals surface area contributed by atoms with E-state index in [4.69, 9.17) is 14.7 Å². The molecule has 0 spiro atoms. The Morgan fingerprint density at radius 1 is 1.18 bits per heavy atom. The van der Waals surface area contributed by atoms with E-state index in [2.05, 4.69) is 25.7 Å². The summed E-state index contributed by atoms with van der Waals surface area (Å²) < 4.78 is 6.59. The number of fused-ring (bicyclic) bond motifs is 1. The number of hydrogen-bond acceptors (Lipinski definition) is 9. The van der Waals surface area contributed by atoms with Crippen molar-refractivity contribution in [1.29, 1.82) is 0 Å². The standard InChI is InChI=1S/C28H33N7O2S.C2H6/c1-5-11-30-17-20(6-2)28(36)32-19(3)24-16-23-25(38-24)27(35-12-14-37-15-13-35)34-26(33-23)22-10-8-7-9-21(22)18-31-29-4;1-2/h5-11,16-19,29H,12-15H2,1-4H3,(H,32,36);1-2H3/b11-5-,20-6+,30-17-,31-18-;. The van der Waals surface area contributed by atoms with Gasteiger partial charge >= 0.3 is 0 Å². The zero-order chi connectivity index (χ0) is 28.9. The molecule has 1 aromatic carbocycles. The molecule has 1 aliphatic rings. The number of anilines is 1. The zero-order valence-electron chi connectivity index (χ0n) is 24.1. The Bertz CT molecular complexity index is 1390. The third-order valence-electron chi connectivity index (χ3n) is 6.01. The highest BCUT2D eigenvalue weighted by Crippen LogP contribution is 2.37. The van der Waals surface area contributed by atoms with Gasteiger partial charge in [0, 0.05) is 48.6 Å². The van der Waals surface area contributed by atoms with E-state index in [1.54, 1.807) is 43.1 Å². The van der Waals surface area contributed by atoms with Crippen molar-refractivity contribution in [2.45, 2.75) is 40.7 Å². The second-order valence-electron chi connectivity index (χ2n) is 8.60. The van der Waals surface area contributed by atoms with Crippen LogP contribution in [0.25, 0.3) is 21.6 Å². The van der Waals surface area contributed by atoms with Crippen molar-refractivity contribution in [3.63, 3.8) is 0 Å². The van der Waals surface area contributed by atoms with Gasteiger partial charge in [-0.2, -0.15) is 5.10 Å². The number of rotatable bonds is 9. The van der Waals surface area contributed by atoms with Gasteiger partial charge in [0.15, 0.2) is 11.6 Å². The van der Waals surface area contributed by atoms with Crippen molar-refractivity contribution in [2.24, 2.45) is 10.1 Å². The van der Waals surface area contributed by atoms with Gasteiger partial charge in [-0.3, -0.25) is 9.79 Å². The summed E-state index contributed by atoms with van der Waals surface area (Å²) in [4.78, 5) is 30.3. The number of carbonyl (C=O) groups is 1. The third kappa shape index (κ3) is 7.61. The van der Waals surface area contributed by atoms with Gasteiger partial charge in [0.2, 0.25) is 0 Å². The lowest BCUT2D eigenvalue weighted by Gasteiger charge is -2.28. The van der Waals surface area contributed by atoms with Gasteiger partial charge in [-0.05, 0) is 26.8 Å². The van der Waals surface area contributed by atoms with E-state index in [-0.39, 0.29) is 11.9 Å². The first-order valence-corrected chi connectivity index (χ1v) is 14.4.